The standard InChI is InChI=1S/C14H24N2O6/c1-9-7-15-5-3-11(9)13(15,19-17)21-22-14(20-18)12-4-6-16(14)8-10(12)2/h9-12,17-18H,3-8H2,1-2H3. The molecule has 8 heteroatoms. The lowest BCUT2D eigenvalue weighted by molar-refractivity contribution is -0.609. The average molecular weight is 316 g/mol. The fraction of sp³-hybridized carbons (Fsp3) is 1.00. The van der Waals surface area contributed by atoms with Crippen molar-refractivity contribution in [3.05, 3.63) is 0 Å². The van der Waals surface area contributed by atoms with Gasteiger partial charge in [0.25, 0.3) is 11.8 Å². The molecular weight excluding hydrogens is 292 g/mol. The van der Waals surface area contributed by atoms with Gasteiger partial charge in [-0.05, 0) is 24.7 Å². The van der Waals surface area contributed by atoms with Crippen LogP contribution in [0.1, 0.15) is 26.7 Å². The molecule has 8 unspecified atom stereocenters. The molecule has 0 aromatic heterocycles. The Hall–Kier alpha value is -0.320. The fourth-order valence-electron chi connectivity index (χ4n) is 5.04. The Morgan fingerprint density at radius 1 is 0.818 bits per heavy atom. The summed E-state index contributed by atoms with van der Waals surface area (Å²) < 4.78 is 0. The Labute approximate surface area is 129 Å². The predicted molar refractivity (Wildman–Crippen MR) is 72.7 cm³/mol. The molecule has 0 aromatic carbocycles. The molecule has 4 bridgehead atoms. The second kappa shape index (κ2) is 5.09. The smallest absolute Gasteiger partial charge is 0.248 e. The molecule has 0 aliphatic carbocycles. The van der Waals surface area contributed by atoms with Gasteiger partial charge in [-0.15, -0.1) is 0 Å². The van der Waals surface area contributed by atoms with Crippen LogP contribution in [-0.4, -0.2) is 58.3 Å². The zero-order valence-electron chi connectivity index (χ0n) is 13.0. The van der Waals surface area contributed by atoms with Crippen molar-refractivity contribution in [3.8, 4) is 0 Å². The Kier molecular flexibility index (Phi) is 3.52. The Balaban J connectivity index is 1.54. The molecule has 4 saturated heterocycles. The monoisotopic (exact) mass is 316 g/mol. The van der Waals surface area contributed by atoms with Gasteiger partial charge in [0.1, 0.15) is 0 Å². The van der Waals surface area contributed by atoms with Gasteiger partial charge in [0.15, 0.2) is 0 Å². The summed E-state index contributed by atoms with van der Waals surface area (Å²) in [4.78, 5) is 24.6. The summed E-state index contributed by atoms with van der Waals surface area (Å²) in [5, 5.41) is 19.0. The van der Waals surface area contributed by atoms with Crippen molar-refractivity contribution in [1.29, 1.82) is 0 Å². The largest absolute Gasteiger partial charge is 0.292 e. The van der Waals surface area contributed by atoms with Crippen LogP contribution in [0.25, 0.3) is 0 Å². The van der Waals surface area contributed by atoms with Crippen LogP contribution in [-0.2, 0) is 19.6 Å². The molecule has 0 saturated carbocycles. The van der Waals surface area contributed by atoms with Crippen LogP contribution in [0, 0.1) is 23.7 Å². The van der Waals surface area contributed by atoms with E-state index < -0.39 is 11.8 Å². The van der Waals surface area contributed by atoms with Crippen LogP contribution in [0.4, 0.5) is 0 Å². The highest BCUT2D eigenvalue weighted by atomic mass is 17.3. The lowest BCUT2D eigenvalue weighted by Gasteiger charge is -2.36. The van der Waals surface area contributed by atoms with Gasteiger partial charge in [-0.2, -0.15) is 19.6 Å². The molecule has 0 spiro atoms. The molecule has 0 aromatic rings. The van der Waals surface area contributed by atoms with Gasteiger partial charge in [-0.3, -0.25) is 0 Å². The highest BCUT2D eigenvalue weighted by Crippen LogP contribution is 2.52. The van der Waals surface area contributed by atoms with E-state index in [0.717, 1.165) is 39.0 Å². The van der Waals surface area contributed by atoms with Crippen molar-refractivity contribution in [3.63, 3.8) is 0 Å². The average Bonchev–Trinajstić information content (AvgIpc) is 3.19. The lowest BCUT2D eigenvalue weighted by atomic mass is 9.92. The van der Waals surface area contributed by atoms with Crippen LogP contribution >= 0.6 is 0 Å². The van der Waals surface area contributed by atoms with E-state index in [1.165, 1.54) is 0 Å². The second-order valence-corrected chi connectivity index (χ2v) is 7.25. The highest BCUT2D eigenvalue weighted by molar-refractivity contribution is 5.00. The first-order chi connectivity index (χ1) is 10.6. The molecule has 4 rings (SSSR count). The maximum absolute atomic E-state index is 9.48. The van der Waals surface area contributed by atoms with Crippen LogP contribution in [0.5, 0.6) is 0 Å². The van der Waals surface area contributed by atoms with Crippen molar-refractivity contribution in [2.75, 3.05) is 26.2 Å². The molecule has 8 atom stereocenters. The molecule has 22 heavy (non-hydrogen) atoms. The Morgan fingerprint density at radius 2 is 1.23 bits per heavy atom. The van der Waals surface area contributed by atoms with Crippen LogP contribution in [0.2, 0.25) is 0 Å². The van der Waals surface area contributed by atoms with Crippen LogP contribution in [0.3, 0.4) is 0 Å². The van der Waals surface area contributed by atoms with Crippen molar-refractivity contribution in [2.24, 2.45) is 23.7 Å². The summed E-state index contributed by atoms with van der Waals surface area (Å²) >= 11 is 0. The number of hydrogen-bond acceptors (Lipinski definition) is 8. The van der Waals surface area contributed by atoms with Gasteiger partial charge in [0.2, 0.25) is 0 Å². The number of nitrogens with zero attached hydrogens (tertiary/aromatic N) is 2. The summed E-state index contributed by atoms with van der Waals surface area (Å²) in [5.74, 6) is -1.85. The third-order valence-corrected chi connectivity index (χ3v) is 6.17. The number of hydrogen-bond donors (Lipinski definition) is 2. The fourth-order valence-corrected chi connectivity index (χ4v) is 5.04. The molecule has 4 aliphatic heterocycles. The molecule has 0 radical (unpaired) electrons. The molecule has 0 amide bonds. The molecular formula is C14H24N2O6. The number of fused-ring (bicyclic) bond motifs is 4. The van der Waals surface area contributed by atoms with Gasteiger partial charge in [0.05, 0.1) is 0 Å². The van der Waals surface area contributed by atoms with Crippen molar-refractivity contribution in [1.82, 2.24) is 9.80 Å². The van der Waals surface area contributed by atoms with Gasteiger partial charge < -0.3 is 0 Å². The highest BCUT2D eigenvalue weighted by Gasteiger charge is 2.65. The molecule has 4 heterocycles. The summed E-state index contributed by atoms with van der Waals surface area (Å²) in [6.45, 7) is 7.34. The van der Waals surface area contributed by atoms with E-state index in [9.17, 15) is 10.5 Å². The Morgan fingerprint density at radius 3 is 1.45 bits per heavy atom. The third kappa shape index (κ3) is 1.75. The summed E-state index contributed by atoms with van der Waals surface area (Å²) in [7, 11) is 0. The Bertz CT molecular complexity index is 413. The van der Waals surface area contributed by atoms with E-state index in [2.05, 4.69) is 13.8 Å². The molecule has 8 nitrogen and oxygen atoms in total. The minimum Gasteiger partial charge on any atom is -0.248 e. The van der Waals surface area contributed by atoms with Gasteiger partial charge in [0, 0.05) is 38.0 Å². The van der Waals surface area contributed by atoms with Gasteiger partial charge >= 0.3 is 0 Å². The molecule has 126 valence electrons. The first-order valence-electron chi connectivity index (χ1n) is 8.09. The topological polar surface area (TPSA) is 83.9 Å². The van der Waals surface area contributed by atoms with E-state index in [-0.39, 0.29) is 11.8 Å². The van der Waals surface area contributed by atoms with Crippen molar-refractivity contribution >= 4 is 0 Å². The lowest BCUT2D eigenvalue weighted by Crippen LogP contribution is -2.53. The van der Waals surface area contributed by atoms with Gasteiger partial charge in [-0.25, -0.2) is 20.3 Å². The zero-order chi connectivity index (χ0) is 15.5. The minimum atomic E-state index is -1.29. The first kappa shape index (κ1) is 15.2. The maximum atomic E-state index is 9.48. The predicted octanol–water partition coefficient (Wildman–Crippen LogP) is 1.16. The van der Waals surface area contributed by atoms with Crippen LogP contribution in [0.15, 0.2) is 0 Å². The second-order valence-electron chi connectivity index (χ2n) is 7.25. The zero-order valence-corrected chi connectivity index (χ0v) is 13.0. The maximum Gasteiger partial charge on any atom is 0.292 e. The summed E-state index contributed by atoms with van der Waals surface area (Å²) in [6.07, 6.45) is 1.75. The number of piperidine rings is 2. The quantitative estimate of drug-likeness (QED) is 0.444. The first-order valence-corrected chi connectivity index (χ1v) is 8.09. The van der Waals surface area contributed by atoms with Crippen molar-refractivity contribution in [2.45, 2.75) is 38.5 Å². The molecule has 4 aliphatic rings. The summed E-state index contributed by atoms with van der Waals surface area (Å²) in [6, 6.07) is 0. The molecule has 2 N–H and O–H groups in total. The van der Waals surface area contributed by atoms with E-state index in [0.29, 0.717) is 11.8 Å². The minimum absolute atomic E-state index is 0.0275. The van der Waals surface area contributed by atoms with E-state index in [1.807, 2.05) is 9.80 Å². The van der Waals surface area contributed by atoms with E-state index in [4.69, 9.17) is 19.6 Å². The van der Waals surface area contributed by atoms with E-state index >= 15 is 0 Å². The summed E-state index contributed by atoms with van der Waals surface area (Å²) in [5.41, 5.74) is 0. The van der Waals surface area contributed by atoms with Gasteiger partial charge in [-0.1, -0.05) is 13.8 Å². The van der Waals surface area contributed by atoms with E-state index in [1.54, 1.807) is 0 Å². The van der Waals surface area contributed by atoms with Crippen LogP contribution < -0.4 is 0 Å². The molecule has 4 fully saturated rings. The normalized spacial score (nSPS) is 56.2. The van der Waals surface area contributed by atoms with Crippen molar-refractivity contribution < 1.29 is 30.1 Å². The SMILES string of the molecule is CC1CN2CCC1C2(OO)OOC1(OO)C2CCN1CC2C. The third-order valence-electron chi connectivity index (χ3n) is 6.17. The number of rotatable bonds is 5.